The summed E-state index contributed by atoms with van der Waals surface area (Å²) in [7, 11) is 1.82. The van der Waals surface area contributed by atoms with Crippen LogP contribution in [0, 0.1) is 12.3 Å². The Morgan fingerprint density at radius 1 is 0.872 bits per heavy atom. The lowest BCUT2D eigenvalue weighted by Crippen LogP contribution is -2.44. The second-order valence-corrected chi connectivity index (χ2v) is 13.2. The standard InChI is InChI=1S/C38H40N6O3/c1-26-23-31(40-41(26)5)37(47)43(21-14-22-44-35(45)29-19-12-13-20-30(29)36(44)46)33(38(2,3)4)34-39-32(28-17-10-7-11-18-28)25-42(34)24-27-15-8-6-9-16-27/h6-13,15-20,23,25,33H,14,21-22,24H2,1-5H3/t33-/m0/s1. The number of aryl methyl sites for hydroxylation is 2. The molecule has 3 heterocycles. The average Bonchev–Trinajstić information content (AvgIpc) is 3.70. The predicted octanol–water partition coefficient (Wildman–Crippen LogP) is 6.56. The van der Waals surface area contributed by atoms with Crippen molar-refractivity contribution >= 4 is 17.7 Å². The normalized spacial score (nSPS) is 13.6. The van der Waals surface area contributed by atoms with E-state index in [2.05, 4.69) is 48.8 Å². The summed E-state index contributed by atoms with van der Waals surface area (Å²) in [5, 5.41) is 4.55. The van der Waals surface area contributed by atoms with Gasteiger partial charge in [-0.1, -0.05) is 93.6 Å². The maximum absolute atomic E-state index is 14.5. The van der Waals surface area contributed by atoms with Crippen molar-refractivity contribution in [3.63, 3.8) is 0 Å². The smallest absolute Gasteiger partial charge is 0.275 e. The number of imide groups is 1. The summed E-state index contributed by atoms with van der Waals surface area (Å²) in [5.41, 5.74) is 4.49. The van der Waals surface area contributed by atoms with Crippen LogP contribution in [0.2, 0.25) is 0 Å². The van der Waals surface area contributed by atoms with Crippen LogP contribution in [0.15, 0.2) is 97.2 Å². The first-order valence-corrected chi connectivity index (χ1v) is 16.0. The Balaban J connectivity index is 1.40. The molecule has 3 aromatic carbocycles. The first kappa shape index (κ1) is 31.7. The minimum atomic E-state index is -0.472. The summed E-state index contributed by atoms with van der Waals surface area (Å²) in [6.07, 6.45) is 2.45. The van der Waals surface area contributed by atoms with E-state index >= 15 is 0 Å². The largest absolute Gasteiger partial charge is 0.328 e. The maximum Gasteiger partial charge on any atom is 0.275 e. The maximum atomic E-state index is 14.5. The Labute approximate surface area is 275 Å². The van der Waals surface area contributed by atoms with Crippen molar-refractivity contribution in [2.45, 2.75) is 46.7 Å². The molecule has 0 spiro atoms. The Morgan fingerprint density at radius 3 is 2.04 bits per heavy atom. The van der Waals surface area contributed by atoms with E-state index in [1.807, 2.05) is 67.4 Å². The molecule has 0 fully saturated rings. The van der Waals surface area contributed by atoms with Crippen LogP contribution in [0.3, 0.4) is 0 Å². The van der Waals surface area contributed by atoms with Gasteiger partial charge in [-0.2, -0.15) is 5.10 Å². The number of rotatable bonds is 10. The molecule has 240 valence electrons. The van der Waals surface area contributed by atoms with Crippen molar-refractivity contribution in [3.8, 4) is 11.3 Å². The molecule has 3 amide bonds. The van der Waals surface area contributed by atoms with Gasteiger partial charge in [-0.15, -0.1) is 0 Å². The third kappa shape index (κ3) is 6.38. The molecule has 1 aliphatic rings. The summed E-state index contributed by atoms with van der Waals surface area (Å²) in [6.45, 7) is 9.27. The van der Waals surface area contributed by atoms with Crippen molar-refractivity contribution < 1.29 is 14.4 Å². The second-order valence-electron chi connectivity index (χ2n) is 13.2. The lowest BCUT2D eigenvalue weighted by Gasteiger charge is -2.40. The summed E-state index contributed by atoms with van der Waals surface area (Å²) < 4.78 is 3.84. The SMILES string of the molecule is Cc1cc(C(=O)N(CCCN2C(=O)c3ccccc3C2=O)[C@@H](c2nc(-c3ccccc3)cn2Cc2ccccc2)C(C)(C)C)nn1C. The number of nitrogens with zero attached hydrogens (tertiary/aromatic N) is 6. The molecule has 47 heavy (non-hydrogen) atoms. The number of carbonyl (C=O) groups is 3. The van der Waals surface area contributed by atoms with E-state index in [9.17, 15) is 14.4 Å². The predicted molar refractivity (Wildman–Crippen MR) is 181 cm³/mol. The van der Waals surface area contributed by atoms with Gasteiger partial charge >= 0.3 is 0 Å². The highest BCUT2D eigenvalue weighted by Crippen LogP contribution is 2.40. The van der Waals surface area contributed by atoms with E-state index < -0.39 is 11.5 Å². The number of aromatic nitrogens is 4. The van der Waals surface area contributed by atoms with Gasteiger partial charge in [-0.05, 0) is 42.5 Å². The van der Waals surface area contributed by atoms with E-state index in [4.69, 9.17) is 4.98 Å². The molecule has 0 unspecified atom stereocenters. The van der Waals surface area contributed by atoms with Crippen LogP contribution in [-0.4, -0.2) is 59.9 Å². The lowest BCUT2D eigenvalue weighted by atomic mass is 9.84. The summed E-state index contributed by atoms with van der Waals surface area (Å²) in [6, 6.07) is 28.4. The fraction of sp³-hybridized carbons (Fsp3) is 0.289. The van der Waals surface area contributed by atoms with Crippen LogP contribution in [0.25, 0.3) is 11.3 Å². The molecule has 6 rings (SSSR count). The van der Waals surface area contributed by atoms with Gasteiger partial charge in [0.25, 0.3) is 17.7 Å². The van der Waals surface area contributed by atoms with Crippen molar-refractivity contribution in [2.24, 2.45) is 12.5 Å². The number of amides is 3. The van der Waals surface area contributed by atoms with Gasteiger partial charge < -0.3 is 9.47 Å². The van der Waals surface area contributed by atoms with Crippen LogP contribution in [0.5, 0.6) is 0 Å². The van der Waals surface area contributed by atoms with Crippen molar-refractivity contribution in [1.29, 1.82) is 0 Å². The molecular weight excluding hydrogens is 588 g/mol. The van der Waals surface area contributed by atoms with E-state index in [0.29, 0.717) is 29.8 Å². The third-order valence-electron chi connectivity index (χ3n) is 8.70. The van der Waals surface area contributed by atoms with Gasteiger partial charge in [0.15, 0.2) is 5.69 Å². The fourth-order valence-electron chi connectivity index (χ4n) is 6.30. The van der Waals surface area contributed by atoms with Gasteiger partial charge in [0.05, 0.1) is 22.9 Å². The topological polar surface area (TPSA) is 93.3 Å². The number of fused-ring (bicyclic) bond motifs is 1. The zero-order valence-corrected chi connectivity index (χ0v) is 27.6. The number of hydrogen-bond donors (Lipinski definition) is 0. The first-order chi connectivity index (χ1) is 22.5. The van der Waals surface area contributed by atoms with Gasteiger partial charge in [0.1, 0.15) is 5.82 Å². The second kappa shape index (κ2) is 12.8. The van der Waals surface area contributed by atoms with Gasteiger partial charge in [0.2, 0.25) is 0 Å². The zero-order valence-electron chi connectivity index (χ0n) is 27.6. The lowest BCUT2D eigenvalue weighted by molar-refractivity contribution is 0.0458. The highest BCUT2D eigenvalue weighted by atomic mass is 16.2. The van der Waals surface area contributed by atoms with E-state index in [1.54, 1.807) is 35.0 Å². The Bertz CT molecular complexity index is 1870. The van der Waals surface area contributed by atoms with Crippen LogP contribution in [0.4, 0.5) is 0 Å². The van der Waals surface area contributed by atoms with Crippen LogP contribution >= 0.6 is 0 Å². The molecule has 9 heteroatoms. The first-order valence-electron chi connectivity index (χ1n) is 16.0. The fourth-order valence-corrected chi connectivity index (χ4v) is 6.30. The van der Waals surface area contributed by atoms with E-state index in [0.717, 1.165) is 28.3 Å². The van der Waals surface area contributed by atoms with Gasteiger partial charge in [0, 0.05) is 44.1 Å². The molecule has 0 radical (unpaired) electrons. The highest BCUT2D eigenvalue weighted by Gasteiger charge is 2.40. The molecule has 0 saturated carbocycles. The Hall–Kier alpha value is -5.31. The van der Waals surface area contributed by atoms with Crippen molar-refractivity contribution in [2.75, 3.05) is 13.1 Å². The third-order valence-corrected chi connectivity index (χ3v) is 8.70. The Kier molecular flexibility index (Phi) is 8.64. The van der Waals surface area contributed by atoms with Crippen LogP contribution in [0.1, 0.15) is 81.5 Å². The van der Waals surface area contributed by atoms with Crippen molar-refractivity contribution in [3.05, 3.63) is 131 Å². The van der Waals surface area contributed by atoms with Crippen molar-refractivity contribution in [1.82, 2.24) is 29.1 Å². The molecule has 0 aliphatic carbocycles. The summed E-state index contributed by atoms with van der Waals surface area (Å²) in [5.74, 6) is -0.0855. The van der Waals surface area contributed by atoms with E-state index in [-0.39, 0.29) is 30.8 Å². The average molecular weight is 629 g/mol. The molecular formula is C38H40N6O3. The molecule has 1 aliphatic heterocycles. The minimum Gasteiger partial charge on any atom is -0.328 e. The zero-order chi connectivity index (χ0) is 33.3. The number of hydrogen-bond acceptors (Lipinski definition) is 5. The number of imidazole rings is 1. The van der Waals surface area contributed by atoms with Crippen LogP contribution < -0.4 is 0 Å². The number of benzene rings is 3. The summed E-state index contributed by atoms with van der Waals surface area (Å²) in [4.78, 5) is 49.2. The minimum absolute atomic E-state index is 0.182. The molecule has 1 atom stereocenters. The molecule has 0 saturated heterocycles. The molecule has 9 nitrogen and oxygen atoms in total. The quantitative estimate of drug-likeness (QED) is 0.164. The number of carbonyl (C=O) groups excluding carboxylic acids is 3. The van der Waals surface area contributed by atoms with Gasteiger partial charge in [-0.25, -0.2) is 4.98 Å². The van der Waals surface area contributed by atoms with Crippen LogP contribution in [-0.2, 0) is 13.6 Å². The molecule has 2 aromatic heterocycles. The molecule has 0 N–H and O–H groups in total. The van der Waals surface area contributed by atoms with E-state index in [1.165, 1.54) is 4.90 Å². The molecule has 0 bridgehead atoms. The monoisotopic (exact) mass is 628 g/mol. The summed E-state index contributed by atoms with van der Waals surface area (Å²) >= 11 is 0. The van der Waals surface area contributed by atoms with Gasteiger partial charge in [-0.3, -0.25) is 24.0 Å². The Morgan fingerprint density at radius 2 is 1.47 bits per heavy atom. The highest BCUT2D eigenvalue weighted by molar-refractivity contribution is 6.21. The molecule has 5 aromatic rings.